The summed E-state index contributed by atoms with van der Waals surface area (Å²) >= 11 is 0. The Morgan fingerprint density at radius 3 is 2.39 bits per heavy atom. The molecule has 0 bridgehead atoms. The zero-order valence-electron chi connectivity index (χ0n) is 15.2. The number of carbonyl (C=O) groups is 1. The van der Waals surface area contributed by atoms with Crippen molar-refractivity contribution in [2.24, 2.45) is 0 Å². The molecule has 2 heterocycles. The number of rotatable bonds is 1. The first kappa shape index (κ1) is 23.2. The molecule has 0 amide bonds. The van der Waals surface area contributed by atoms with Crippen LogP contribution in [0.3, 0.4) is 0 Å². The normalized spacial score (nSPS) is 14.6. The van der Waals surface area contributed by atoms with Gasteiger partial charge in [-0.1, -0.05) is 19.9 Å². The number of hydrogen-bond donors (Lipinski definition) is 1. The van der Waals surface area contributed by atoms with Crippen LogP contribution in [-0.2, 0) is 4.79 Å². The van der Waals surface area contributed by atoms with Gasteiger partial charge in [-0.2, -0.15) is 0 Å². The fourth-order valence-corrected chi connectivity index (χ4v) is 2.14. The summed E-state index contributed by atoms with van der Waals surface area (Å²) < 4.78 is 0. The second-order valence-electron chi connectivity index (χ2n) is 4.36. The Morgan fingerprint density at radius 2 is 1.91 bits per heavy atom. The molecule has 1 aromatic rings. The second kappa shape index (κ2) is 16.3. The minimum absolute atomic E-state index is 1.08. The number of pyridine rings is 1. The second-order valence-corrected chi connectivity index (χ2v) is 4.36. The lowest BCUT2D eigenvalue weighted by molar-refractivity contribution is -0.0979. The molecule has 0 aromatic carbocycles. The van der Waals surface area contributed by atoms with Crippen molar-refractivity contribution in [1.82, 2.24) is 15.2 Å². The van der Waals surface area contributed by atoms with Gasteiger partial charge in [-0.15, -0.1) is 12.3 Å². The molecule has 1 aliphatic rings. The average molecular weight is 317 g/mol. The van der Waals surface area contributed by atoms with Crippen LogP contribution in [0.4, 0.5) is 0 Å². The quantitative estimate of drug-likeness (QED) is 0.795. The smallest absolute Gasteiger partial charge is 0.106 e. The molecule has 1 saturated heterocycles. The van der Waals surface area contributed by atoms with Gasteiger partial charge in [0.05, 0.1) is 0 Å². The first-order valence-electron chi connectivity index (χ1n) is 7.93. The van der Waals surface area contributed by atoms with Crippen molar-refractivity contribution in [2.45, 2.75) is 34.6 Å². The van der Waals surface area contributed by atoms with Crippen LogP contribution in [0.15, 0.2) is 18.5 Å². The molecule has 0 radical (unpaired) electrons. The predicted octanol–water partition coefficient (Wildman–Crippen LogP) is 1.40. The van der Waals surface area contributed by atoms with Crippen LogP contribution < -0.4 is 15.8 Å². The molecule has 0 spiro atoms. The largest absolute Gasteiger partial charge is 0.372 e. The van der Waals surface area contributed by atoms with Crippen molar-refractivity contribution in [3.8, 4) is 12.3 Å². The minimum atomic E-state index is 1.08. The predicted molar refractivity (Wildman–Crippen MR) is 100 cm³/mol. The zero-order chi connectivity index (χ0) is 18.1. The van der Waals surface area contributed by atoms with Gasteiger partial charge < -0.3 is 15.0 Å². The van der Waals surface area contributed by atoms with Crippen molar-refractivity contribution < 1.29 is 4.79 Å². The molecule has 0 saturated carbocycles. The maximum Gasteiger partial charge on any atom is 0.106 e. The Morgan fingerprint density at radius 1 is 1.39 bits per heavy atom. The Bertz CT molecular complexity index is 555. The molecule has 1 aliphatic heterocycles. The lowest BCUT2D eigenvalue weighted by Crippen LogP contribution is -2.44. The van der Waals surface area contributed by atoms with Crippen molar-refractivity contribution in [1.29, 1.82) is 0 Å². The molecule has 0 unspecified atom stereocenters. The standard InChI is InChI=1S/C13H19N3.C3H4.C2H6.CH2O/c1-3-12-10-15-5-4-13(12)11(2)16-8-6-14-7-9-16;1-3-2;2*1-2/h3-5,10,14H,6-9H2,1-2H3;1H,2H3;1-2H3;1H2/b12-3-,13-11+;;;. The summed E-state index contributed by atoms with van der Waals surface area (Å²) in [5, 5.41) is 5.90. The highest BCUT2D eigenvalue weighted by Gasteiger charge is 2.09. The van der Waals surface area contributed by atoms with E-state index in [1.165, 1.54) is 16.1 Å². The van der Waals surface area contributed by atoms with E-state index in [1.54, 1.807) is 6.92 Å². The van der Waals surface area contributed by atoms with Gasteiger partial charge >= 0.3 is 0 Å². The topological polar surface area (TPSA) is 45.2 Å². The van der Waals surface area contributed by atoms with E-state index in [0.717, 1.165) is 26.2 Å². The highest BCUT2D eigenvalue weighted by atomic mass is 16.1. The monoisotopic (exact) mass is 317 g/mol. The summed E-state index contributed by atoms with van der Waals surface area (Å²) in [6.45, 7) is 16.3. The number of aromatic nitrogens is 1. The molecule has 1 fully saturated rings. The first-order valence-corrected chi connectivity index (χ1v) is 7.93. The first-order chi connectivity index (χ1) is 11.2. The molecule has 1 aromatic heterocycles. The molecule has 4 nitrogen and oxygen atoms in total. The van der Waals surface area contributed by atoms with Crippen LogP contribution in [0.2, 0.25) is 0 Å². The van der Waals surface area contributed by atoms with Crippen molar-refractivity contribution in [2.75, 3.05) is 26.2 Å². The molecule has 0 aliphatic carbocycles. The Kier molecular flexibility index (Phi) is 16.4. The highest BCUT2D eigenvalue weighted by Crippen LogP contribution is 2.02. The summed E-state index contributed by atoms with van der Waals surface area (Å²) in [7, 11) is 0. The van der Waals surface area contributed by atoms with E-state index in [2.05, 4.69) is 53.5 Å². The fourth-order valence-electron chi connectivity index (χ4n) is 2.14. The van der Waals surface area contributed by atoms with Crippen molar-refractivity contribution in [3.05, 3.63) is 28.9 Å². The van der Waals surface area contributed by atoms with Crippen LogP contribution >= 0.6 is 0 Å². The number of carbonyl (C=O) groups excluding carboxylic acids is 1. The van der Waals surface area contributed by atoms with E-state index in [-0.39, 0.29) is 0 Å². The Labute approximate surface area is 141 Å². The van der Waals surface area contributed by atoms with Crippen molar-refractivity contribution in [3.63, 3.8) is 0 Å². The minimum Gasteiger partial charge on any atom is -0.372 e. The molecular weight excluding hydrogens is 286 g/mol. The van der Waals surface area contributed by atoms with E-state index in [9.17, 15) is 0 Å². The molecule has 0 atom stereocenters. The molecule has 128 valence electrons. The summed E-state index contributed by atoms with van der Waals surface area (Å²) in [4.78, 5) is 14.6. The van der Waals surface area contributed by atoms with Gasteiger partial charge in [-0.05, 0) is 32.1 Å². The highest BCUT2D eigenvalue weighted by molar-refractivity contribution is 5.41. The number of nitrogens with zero attached hydrogens (tertiary/aromatic N) is 2. The average Bonchev–Trinajstić information content (AvgIpc) is 2.66. The van der Waals surface area contributed by atoms with E-state index in [1.807, 2.05) is 33.0 Å². The van der Waals surface area contributed by atoms with Gasteiger partial charge in [0.15, 0.2) is 0 Å². The van der Waals surface area contributed by atoms with Crippen LogP contribution in [0.5, 0.6) is 0 Å². The van der Waals surface area contributed by atoms with Crippen LogP contribution in [0, 0.1) is 12.3 Å². The van der Waals surface area contributed by atoms with Gasteiger partial charge in [0.1, 0.15) is 6.79 Å². The van der Waals surface area contributed by atoms with Gasteiger partial charge in [-0.3, -0.25) is 4.98 Å². The number of terminal acetylenes is 1. The molecular formula is C19H31N3O. The van der Waals surface area contributed by atoms with Gasteiger partial charge in [0.2, 0.25) is 0 Å². The van der Waals surface area contributed by atoms with E-state index >= 15 is 0 Å². The molecule has 1 N–H and O–H groups in total. The number of piperazine rings is 1. The maximum absolute atomic E-state index is 8.00. The number of nitrogens with one attached hydrogen (secondary N) is 1. The SMILES string of the molecule is C#CC.C/C=c1/cncc/c1=C(/C)N1CCNCC1.C=O.CC. The lowest BCUT2D eigenvalue weighted by Gasteiger charge is -2.30. The third-order valence-electron chi connectivity index (χ3n) is 3.14. The molecule has 4 heteroatoms. The summed E-state index contributed by atoms with van der Waals surface area (Å²) in [6.07, 6.45) is 10.5. The van der Waals surface area contributed by atoms with E-state index < -0.39 is 0 Å². The summed E-state index contributed by atoms with van der Waals surface area (Å²) in [5.74, 6) is 2.25. The molecule has 23 heavy (non-hydrogen) atoms. The third-order valence-corrected chi connectivity index (χ3v) is 3.14. The van der Waals surface area contributed by atoms with E-state index in [0.29, 0.717) is 0 Å². The van der Waals surface area contributed by atoms with Gasteiger partial charge in [-0.25, -0.2) is 0 Å². The number of hydrogen-bond acceptors (Lipinski definition) is 4. The van der Waals surface area contributed by atoms with Crippen LogP contribution in [-0.4, -0.2) is 42.9 Å². The third kappa shape index (κ3) is 8.80. The summed E-state index contributed by atoms with van der Waals surface area (Å²) in [6, 6.07) is 2.10. The van der Waals surface area contributed by atoms with Gasteiger partial charge in [0.25, 0.3) is 0 Å². The van der Waals surface area contributed by atoms with E-state index in [4.69, 9.17) is 4.79 Å². The van der Waals surface area contributed by atoms with Crippen molar-refractivity contribution >= 4 is 18.6 Å². The molecule has 2 rings (SSSR count). The van der Waals surface area contributed by atoms with Gasteiger partial charge in [0, 0.05) is 49.5 Å². The summed E-state index contributed by atoms with van der Waals surface area (Å²) in [5.41, 5.74) is 1.36. The Hall–Kier alpha value is -2.12. The lowest BCUT2D eigenvalue weighted by atomic mass is 10.2. The maximum atomic E-state index is 8.00. The zero-order valence-corrected chi connectivity index (χ0v) is 15.2. The fraction of sp³-hybridized carbons (Fsp3) is 0.474. The van der Waals surface area contributed by atoms with Crippen LogP contribution in [0.25, 0.3) is 11.8 Å². The Balaban J connectivity index is 0. The van der Waals surface area contributed by atoms with Crippen LogP contribution in [0.1, 0.15) is 34.6 Å².